The molecule has 0 aliphatic carbocycles. The molecule has 3 N–H and O–H groups in total. The third kappa shape index (κ3) is 2.00. The van der Waals surface area contributed by atoms with Crippen LogP contribution in [0.4, 0.5) is 14.9 Å². The summed E-state index contributed by atoms with van der Waals surface area (Å²) in [7, 11) is 0. The molecule has 0 bridgehead atoms. The molecule has 82 valence electrons. The van der Waals surface area contributed by atoms with Gasteiger partial charge in [-0.2, -0.15) is 5.10 Å². The SMILES string of the molecule is NC(=O)Nc1cnn(-c2ccccc2F)c1. The number of halogens is 1. The number of amides is 2. The maximum Gasteiger partial charge on any atom is 0.316 e. The summed E-state index contributed by atoms with van der Waals surface area (Å²) in [6.07, 6.45) is 2.86. The molecular formula is C10H9FN4O. The number of hydrogen-bond donors (Lipinski definition) is 2. The van der Waals surface area contributed by atoms with Gasteiger partial charge in [0, 0.05) is 0 Å². The second-order valence-corrected chi connectivity index (χ2v) is 3.11. The fourth-order valence-electron chi connectivity index (χ4n) is 1.30. The number of hydrogen-bond acceptors (Lipinski definition) is 2. The Hall–Kier alpha value is -2.37. The first-order chi connectivity index (χ1) is 7.66. The number of carbonyl (C=O) groups is 1. The van der Waals surface area contributed by atoms with E-state index in [9.17, 15) is 9.18 Å². The van der Waals surface area contributed by atoms with Crippen LogP contribution in [0.2, 0.25) is 0 Å². The molecule has 0 saturated heterocycles. The molecule has 0 radical (unpaired) electrons. The van der Waals surface area contributed by atoms with Gasteiger partial charge in [0.25, 0.3) is 0 Å². The first-order valence-corrected chi connectivity index (χ1v) is 4.53. The Kier molecular flexibility index (Phi) is 2.55. The van der Waals surface area contributed by atoms with Crippen LogP contribution in [-0.2, 0) is 0 Å². The highest BCUT2D eigenvalue weighted by Crippen LogP contribution is 2.14. The van der Waals surface area contributed by atoms with E-state index in [1.807, 2.05) is 0 Å². The molecule has 0 fully saturated rings. The number of nitrogens with two attached hydrogens (primary N) is 1. The molecule has 0 aliphatic rings. The molecule has 1 heterocycles. The zero-order valence-electron chi connectivity index (χ0n) is 8.22. The zero-order valence-corrected chi connectivity index (χ0v) is 8.22. The molecule has 2 rings (SSSR count). The fraction of sp³-hybridized carbons (Fsp3) is 0. The topological polar surface area (TPSA) is 72.9 Å². The first kappa shape index (κ1) is 10.2. The largest absolute Gasteiger partial charge is 0.351 e. The summed E-state index contributed by atoms with van der Waals surface area (Å²) < 4.78 is 14.7. The summed E-state index contributed by atoms with van der Waals surface area (Å²) in [5.74, 6) is -0.392. The molecule has 0 spiro atoms. The van der Waals surface area contributed by atoms with E-state index in [1.165, 1.54) is 23.1 Å². The lowest BCUT2D eigenvalue weighted by Crippen LogP contribution is -2.18. The lowest BCUT2D eigenvalue weighted by molar-refractivity contribution is 0.259. The fourth-order valence-corrected chi connectivity index (χ4v) is 1.30. The van der Waals surface area contributed by atoms with E-state index >= 15 is 0 Å². The van der Waals surface area contributed by atoms with Crippen LogP contribution in [0.1, 0.15) is 0 Å². The smallest absolute Gasteiger partial charge is 0.316 e. The lowest BCUT2D eigenvalue weighted by atomic mass is 10.3. The van der Waals surface area contributed by atoms with Crippen LogP contribution in [0.3, 0.4) is 0 Å². The van der Waals surface area contributed by atoms with Gasteiger partial charge in [-0.15, -0.1) is 0 Å². The minimum absolute atomic E-state index is 0.306. The van der Waals surface area contributed by atoms with Crippen molar-refractivity contribution in [2.45, 2.75) is 0 Å². The van der Waals surface area contributed by atoms with E-state index in [1.54, 1.807) is 18.2 Å². The summed E-state index contributed by atoms with van der Waals surface area (Å²) in [5.41, 5.74) is 5.66. The number of nitrogens with zero attached hydrogens (tertiary/aromatic N) is 2. The molecule has 0 aliphatic heterocycles. The number of rotatable bonds is 2. The second-order valence-electron chi connectivity index (χ2n) is 3.11. The molecule has 0 saturated carbocycles. The third-order valence-corrected chi connectivity index (χ3v) is 1.95. The maximum atomic E-state index is 13.4. The normalized spacial score (nSPS) is 10.1. The van der Waals surface area contributed by atoms with Gasteiger partial charge in [-0.3, -0.25) is 0 Å². The van der Waals surface area contributed by atoms with Crippen molar-refractivity contribution in [2.24, 2.45) is 5.73 Å². The molecule has 0 unspecified atom stereocenters. The van der Waals surface area contributed by atoms with Crippen LogP contribution >= 0.6 is 0 Å². The molecule has 5 nitrogen and oxygen atoms in total. The molecule has 16 heavy (non-hydrogen) atoms. The Labute approximate surface area is 90.7 Å². The van der Waals surface area contributed by atoms with Gasteiger partial charge in [0.15, 0.2) is 0 Å². The minimum Gasteiger partial charge on any atom is -0.351 e. The van der Waals surface area contributed by atoms with E-state index in [0.717, 1.165) is 0 Å². The van der Waals surface area contributed by atoms with Crippen LogP contribution in [0, 0.1) is 5.82 Å². The summed E-state index contributed by atoms with van der Waals surface area (Å²) >= 11 is 0. The number of primary amides is 1. The van der Waals surface area contributed by atoms with Crippen molar-refractivity contribution in [1.82, 2.24) is 9.78 Å². The average Bonchev–Trinajstić information content (AvgIpc) is 2.66. The van der Waals surface area contributed by atoms with Gasteiger partial charge in [0.1, 0.15) is 11.5 Å². The highest BCUT2D eigenvalue weighted by atomic mass is 19.1. The summed E-state index contributed by atoms with van der Waals surface area (Å²) in [6, 6.07) is 5.51. The Bertz CT molecular complexity index is 523. The maximum absolute atomic E-state index is 13.4. The molecule has 1 aromatic carbocycles. The lowest BCUT2D eigenvalue weighted by Gasteiger charge is -2.01. The minimum atomic E-state index is -0.687. The van der Waals surface area contributed by atoms with Crippen molar-refractivity contribution >= 4 is 11.7 Å². The standard InChI is InChI=1S/C10H9FN4O/c11-8-3-1-2-4-9(8)15-6-7(5-13-15)14-10(12)16/h1-6H,(H3,12,14,16). The quantitative estimate of drug-likeness (QED) is 0.804. The predicted molar refractivity (Wildman–Crippen MR) is 56.7 cm³/mol. The van der Waals surface area contributed by atoms with E-state index in [0.29, 0.717) is 11.4 Å². The van der Waals surface area contributed by atoms with Gasteiger partial charge >= 0.3 is 6.03 Å². The van der Waals surface area contributed by atoms with Gasteiger partial charge in [0.05, 0.1) is 18.1 Å². The van der Waals surface area contributed by atoms with Crippen molar-refractivity contribution in [1.29, 1.82) is 0 Å². The highest BCUT2D eigenvalue weighted by molar-refractivity contribution is 5.87. The third-order valence-electron chi connectivity index (χ3n) is 1.95. The number of urea groups is 1. The Morgan fingerprint density at radius 1 is 1.44 bits per heavy atom. The van der Waals surface area contributed by atoms with Gasteiger partial charge in [-0.05, 0) is 12.1 Å². The van der Waals surface area contributed by atoms with Gasteiger partial charge in [-0.1, -0.05) is 12.1 Å². The predicted octanol–water partition coefficient (Wildman–Crippen LogP) is 1.50. The number of anilines is 1. The number of carbonyl (C=O) groups excluding carboxylic acids is 1. The summed E-state index contributed by atoms with van der Waals surface area (Å²) in [4.78, 5) is 10.6. The molecule has 2 amide bonds. The van der Waals surface area contributed by atoms with Gasteiger partial charge in [-0.25, -0.2) is 13.9 Å². The summed E-state index contributed by atoms with van der Waals surface area (Å²) in [5, 5.41) is 6.25. The molecular weight excluding hydrogens is 211 g/mol. The van der Waals surface area contributed by atoms with Crippen LogP contribution < -0.4 is 11.1 Å². The van der Waals surface area contributed by atoms with Crippen molar-refractivity contribution < 1.29 is 9.18 Å². The van der Waals surface area contributed by atoms with Crippen LogP contribution in [0.25, 0.3) is 5.69 Å². The van der Waals surface area contributed by atoms with E-state index in [4.69, 9.17) is 5.73 Å². The van der Waals surface area contributed by atoms with Gasteiger partial charge < -0.3 is 11.1 Å². The number of para-hydroxylation sites is 1. The number of nitrogens with one attached hydrogen (secondary N) is 1. The second kappa shape index (κ2) is 4.01. The van der Waals surface area contributed by atoms with Crippen LogP contribution in [0.15, 0.2) is 36.7 Å². The monoisotopic (exact) mass is 220 g/mol. The van der Waals surface area contributed by atoms with E-state index in [-0.39, 0.29) is 0 Å². The Morgan fingerprint density at radius 3 is 2.88 bits per heavy atom. The van der Waals surface area contributed by atoms with Crippen molar-refractivity contribution in [2.75, 3.05) is 5.32 Å². The van der Waals surface area contributed by atoms with Crippen LogP contribution in [-0.4, -0.2) is 15.8 Å². The van der Waals surface area contributed by atoms with Crippen molar-refractivity contribution in [3.63, 3.8) is 0 Å². The van der Waals surface area contributed by atoms with Crippen LogP contribution in [0.5, 0.6) is 0 Å². The Morgan fingerprint density at radius 2 is 2.19 bits per heavy atom. The van der Waals surface area contributed by atoms with E-state index < -0.39 is 11.8 Å². The zero-order chi connectivity index (χ0) is 11.5. The van der Waals surface area contributed by atoms with E-state index in [2.05, 4.69) is 10.4 Å². The summed E-state index contributed by atoms with van der Waals surface area (Å²) in [6.45, 7) is 0. The number of aromatic nitrogens is 2. The highest BCUT2D eigenvalue weighted by Gasteiger charge is 2.05. The molecule has 0 atom stereocenters. The van der Waals surface area contributed by atoms with Crippen molar-refractivity contribution in [3.05, 3.63) is 42.5 Å². The number of benzene rings is 1. The van der Waals surface area contributed by atoms with Crippen molar-refractivity contribution in [3.8, 4) is 5.69 Å². The van der Waals surface area contributed by atoms with Gasteiger partial charge in [0.2, 0.25) is 0 Å². The first-order valence-electron chi connectivity index (χ1n) is 4.53. The molecule has 1 aromatic heterocycles. The molecule has 6 heteroatoms. The molecule has 2 aromatic rings. The average molecular weight is 220 g/mol. The Balaban J connectivity index is 2.32.